The molecular weight excluding hydrogens is 629 g/mol. The summed E-state index contributed by atoms with van der Waals surface area (Å²) in [6.07, 6.45) is 6.74. The number of rotatable bonds is 8. The van der Waals surface area contributed by atoms with Gasteiger partial charge in [-0.15, -0.1) is 0 Å². The molecule has 0 bridgehead atoms. The van der Waals surface area contributed by atoms with Crippen LogP contribution in [0.4, 0.5) is 34.1 Å². The van der Waals surface area contributed by atoms with Crippen molar-refractivity contribution in [3.8, 4) is 22.3 Å². The molecule has 0 radical (unpaired) electrons. The highest BCUT2D eigenvalue weighted by molar-refractivity contribution is 6.07. The van der Waals surface area contributed by atoms with Gasteiger partial charge in [0.15, 0.2) is 0 Å². The molecule has 2 heteroatoms. The average molecular weight is 667 g/mol. The Morgan fingerprint density at radius 3 is 1.37 bits per heavy atom. The molecule has 9 rings (SSSR count). The van der Waals surface area contributed by atoms with E-state index in [4.69, 9.17) is 0 Å². The fourth-order valence-electron chi connectivity index (χ4n) is 7.58. The van der Waals surface area contributed by atoms with Crippen LogP contribution in [0.2, 0.25) is 0 Å². The normalized spacial score (nSPS) is 12.0. The number of anilines is 6. The molecule has 0 aliphatic heterocycles. The van der Waals surface area contributed by atoms with Crippen molar-refractivity contribution >= 4 is 51.0 Å². The maximum atomic E-state index is 2.46. The van der Waals surface area contributed by atoms with Gasteiger partial charge in [0.25, 0.3) is 0 Å². The van der Waals surface area contributed by atoms with E-state index in [1.165, 1.54) is 49.8 Å². The van der Waals surface area contributed by atoms with Crippen LogP contribution in [0.1, 0.15) is 17.5 Å². The fraction of sp³-hybridized carbons (Fsp3) is 0.0400. The van der Waals surface area contributed by atoms with Gasteiger partial charge in [-0.25, -0.2) is 0 Å². The maximum absolute atomic E-state index is 2.46. The predicted molar refractivity (Wildman–Crippen MR) is 222 cm³/mol. The molecule has 8 aromatic carbocycles. The first-order valence-electron chi connectivity index (χ1n) is 18.1. The highest BCUT2D eigenvalue weighted by Crippen LogP contribution is 2.47. The van der Waals surface area contributed by atoms with E-state index < -0.39 is 0 Å². The summed E-state index contributed by atoms with van der Waals surface area (Å²) in [7, 11) is 0. The molecule has 0 spiro atoms. The second kappa shape index (κ2) is 13.9. The van der Waals surface area contributed by atoms with Crippen LogP contribution in [0.15, 0.2) is 200 Å². The Labute approximate surface area is 306 Å². The van der Waals surface area contributed by atoms with Gasteiger partial charge < -0.3 is 9.80 Å². The van der Waals surface area contributed by atoms with Crippen LogP contribution >= 0.6 is 0 Å². The molecule has 0 unspecified atom stereocenters. The zero-order valence-corrected chi connectivity index (χ0v) is 28.9. The van der Waals surface area contributed by atoms with Crippen molar-refractivity contribution in [1.82, 2.24) is 0 Å². The van der Waals surface area contributed by atoms with Gasteiger partial charge in [-0.1, -0.05) is 152 Å². The monoisotopic (exact) mass is 666 g/mol. The summed E-state index contributed by atoms with van der Waals surface area (Å²) >= 11 is 0. The largest absolute Gasteiger partial charge is 0.310 e. The smallest absolute Gasteiger partial charge is 0.0541 e. The summed E-state index contributed by atoms with van der Waals surface area (Å²) in [4.78, 5) is 4.82. The highest BCUT2D eigenvalue weighted by Gasteiger charge is 2.23. The highest BCUT2D eigenvalue weighted by atomic mass is 15.2. The lowest BCUT2D eigenvalue weighted by Crippen LogP contribution is -2.15. The third kappa shape index (κ3) is 5.95. The van der Waals surface area contributed by atoms with Gasteiger partial charge in [0.2, 0.25) is 0 Å². The predicted octanol–water partition coefficient (Wildman–Crippen LogP) is 14.1. The summed E-state index contributed by atoms with van der Waals surface area (Å²) in [5.41, 5.74) is 14.4. The molecule has 1 aliphatic rings. The quantitative estimate of drug-likeness (QED) is 0.159. The zero-order valence-electron chi connectivity index (χ0n) is 28.9. The minimum atomic E-state index is 1.05. The van der Waals surface area contributed by atoms with Crippen LogP contribution in [0, 0.1) is 0 Å². The van der Waals surface area contributed by atoms with Crippen LogP contribution in [-0.4, -0.2) is 0 Å². The van der Waals surface area contributed by atoms with Crippen molar-refractivity contribution in [3.05, 3.63) is 211 Å². The van der Waals surface area contributed by atoms with Crippen LogP contribution in [0.25, 0.3) is 39.1 Å². The molecule has 0 heterocycles. The Bertz CT molecular complexity index is 2450. The number of nitrogens with zero attached hydrogens (tertiary/aromatic N) is 2. The molecular formula is C50H38N2. The molecule has 0 N–H and O–H groups in total. The van der Waals surface area contributed by atoms with E-state index in [0.717, 1.165) is 41.3 Å². The first-order chi connectivity index (χ1) is 25.8. The van der Waals surface area contributed by atoms with Gasteiger partial charge in [-0.05, 0) is 95.3 Å². The van der Waals surface area contributed by atoms with E-state index in [1.807, 2.05) is 0 Å². The van der Waals surface area contributed by atoms with E-state index in [0.29, 0.717) is 0 Å². The maximum Gasteiger partial charge on any atom is 0.0541 e. The summed E-state index contributed by atoms with van der Waals surface area (Å²) in [6, 6.07) is 70.0. The second-order valence-corrected chi connectivity index (χ2v) is 13.3. The van der Waals surface area contributed by atoms with E-state index in [9.17, 15) is 0 Å². The van der Waals surface area contributed by atoms with E-state index >= 15 is 0 Å². The van der Waals surface area contributed by atoms with E-state index in [2.05, 4.69) is 216 Å². The van der Waals surface area contributed by atoms with Crippen LogP contribution in [-0.2, 0) is 6.42 Å². The molecule has 0 saturated carbocycles. The Morgan fingerprint density at radius 1 is 0.327 bits per heavy atom. The summed E-state index contributed by atoms with van der Waals surface area (Å²) in [5.74, 6) is 0. The summed E-state index contributed by atoms with van der Waals surface area (Å²) in [6.45, 7) is 0. The first kappa shape index (κ1) is 31.3. The molecule has 0 saturated heterocycles. The number of para-hydroxylation sites is 2. The molecule has 2 nitrogen and oxygen atoms in total. The molecule has 0 atom stereocenters. The van der Waals surface area contributed by atoms with Crippen LogP contribution in [0.3, 0.4) is 0 Å². The zero-order chi connectivity index (χ0) is 34.7. The number of benzene rings is 8. The fourth-order valence-corrected chi connectivity index (χ4v) is 7.58. The van der Waals surface area contributed by atoms with Gasteiger partial charge >= 0.3 is 0 Å². The van der Waals surface area contributed by atoms with Gasteiger partial charge in [0.05, 0.1) is 17.1 Å². The molecule has 0 amide bonds. The van der Waals surface area contributed by atoms with Crippen LogP contribution in [0.5, 0.6) is 0 Å². The van der Waals surface area contributed by atoms with E-state index in [1.54, 1.807) is 0 Å². The number of fused-ring (bicyclic) bond motifs is 2. The Balaban J connectivity index is 1.18. The number of aryl methyl sites for hydroxylation is 1. The van der Waals surface area contributed by atoms with Crippen molar-refractivity contribution in [2.75, 3.05) is 9.80 Å². The molecule has 248 valence electrons. The average Bonchev–Trinajstić information content (AvgIpc) is 3.23. The third-order valence-corrected chi connectivity index (χ3v) is 10.1. The first-order valence-corrected chi connectivity index (χ1v) is 18.1. The third-order valence-electron chi connectivity index (χ3n) is 10.1. The summed E-state index contributed by atoms with van der Waals surface area (Å²) < 4.78 is 0. The van der Waals surface area contributed by atoms with E-state index in [-0.39, 0.29) is 0 Å². The summed E-state index contributed by atoms with van der Waals surface area (Å²) in [5, 5.41) is 2.38. The van der Waals surface area contributed by atoms with Crippen molar-refractivity contribution < 1.29 is 0 Å². The molecule has 0 aromatic heterocycles. The van der Waals surface area contributed by atoms with Crippen molar-refractivity contribution in [2.24, 2.45) is 0 Å². The van der Waals surface area contributed by atoms with Gasteiger partial charge in [0.1, 0.15) is 0 Å². The molecule has 1 aliphatic carbocycles. The molecule has 52 heavy (non-hydrogen) atoms. The van der Waals surface area contributed by atoms with Crippen molar-refractivity contribution in [1.29, 1.82) is 0 Å². The molecule has 8 aromatic rings. The minimum absolute atomic E-state index is 1.05. The van der Waals surface area contributed by atoms with Crippen molar-refractivity contribution in [2.45, 2.75) is 12.8 Å². The Hall–Kier alpha value is -6.64. The van der Waals surface area contributed by atoms with Crippen molar-refractivity contribution in [3.63, 3.8) is 0 Å². The van der Waals surface area contributed by atoms with Gasteiger partial charge in [-0.3, -0.25) is 0 Å². The van der Waals surface area contributed by atoms with Gasteiger partial charge in [0, 0.05) is 33.4 Å². The SMILES string of the molecule is C1=Cc2c(cccc2N(c2ccc(-c3ccc(-c4ccccc4)cc3)cc2)c2ccc(N(c3ccccc3)c3ccccc3)c3ccccc23)CC1. The lowest BCUT2D eigenvalue weighted by Gasteiger charge is -2.32. The number of hydrogen-bond donors (Lipinski definition) is 0. The Morgan fingerprint density at radius 2 is 0.788 bits per heavy atom. The second-order valence-electron chi connectivity index (χ2n) is 13.3. The van der Waals surface area contributed by atoms with Crippen LogP contribution < -0.4 is 9.80 Å². The number of hydrogen-bond acceptors (Lipinski definition) is 2. The molecule has 0 fully saturated rings. The topological polar surface area (TPSA) is 6.48 Å². The minimum Gasteiger partial charge on any atom is -0.310 e. The standard InChI is InChI=1S/C50H38N2/c1-4-15-37(16-5-1)38-27-29-39(30-28-38)40-31-33-44(34-32-40)52(48-26-14-18-41-17-10-11-23-45(41)48)50-36-35-49(46-24-12-13-25-47(46)50)51(42-19-6-2-7-20-42)43-21-8-3-9-22-43/h1-9,11-16,18-36H,10,17H2. The lowest BCUT2D eigenvalue weighted by molar-refractivity contribution is 0.984. The Kier molecular flexibility index (Phi) is 8.40. The van der Waals surface area contributed by atoms with Gasteiger partial charge in [-0.2, -0.15) is 0 Å². The number of allylic oxidation sites excluding steroid dienone is 1. The lowest BCUT2D eigenvalue weighted by atomic mass is 9.94.